The Balaban J connectivity index is 1.90. The van der Waals surface area contributed by atoms with E-state index in [-0.39, 0.29) is 5.91 Å². The number of hydrogen-bond acceptors (Lipinski definition) is 4. The third-order valence-electron chi connectivity index (χ3n) is 3.30. The highest BCUT2D eigenvalue weighted by atomic mass is 35.5. The van der Waals surface area contributed by atoms with E-state index in [1.54, 1.807) is 24.3 Å². The van der Waals surface area contributed by atoms with Crippen LogP contribution >= 0.6 is 22.9 Å². The van der Waals surface area contributed by atoms with Gasteiger partial charge < -0.3 is 11.1 Å². The molecule has 3 aromatic rings. The number of benzene rings is 2. The smallest absolute Gasteiger partial charge is 0.256 e. The van der Waals surface area contributed by atoms with Gasteiger partial charge in [0, 0.05) is 16.1 Å². The Morgan fingerprint density at radius 2 is 1.78 bits per heavy atom. The number of hydrogen-bond donors (Lipinski definition) is 2. The lowest BCUT2D eigenvalue weighted by Crippen LogP contribution is -2.11. The van der Waals surface area contributed by atoms with Crippen molar-refractivity contribution >= 4 is 39.0 Å². The van der Waals surface area contributed by atoms with Crippen molar-refractivity contribution in [3.8, 4) is 11.3 Å². The number of nitrogen functional groups attached to an aromatic ring is 1. The summed E-state index contributed by atoms with van der Waals surface area (Å²) in [6, 6.07) is 14.6. The Morgan fingerprint density at radius 1 is 1.13 bits per heavy atom. The molecule has 0 aliphatic heterocycles. The summed E-state index contributed by atoms with van der Waals surface area (Å²) in [6.07, 6.45) is 0. The number of nitrogens with one attached hydrogen (secondary N) is 1. The van der Waals surface area contributed by atoms with E-state index in [1.807, 2.05) is 31.2 Å². The van der Waals surface area contributed by atoms with E-state index in [0.717, 1.165) is 11.1 Å². The quantitative estimate of drug-likeness (QED) is 0.729. The second-order valence-corrected chi connectivity index (χ2v) is 6.52. The first kappa shape index (κ1) is 15.5. The summed E-state index contributed by atoms with van der Waals surface area (Å²) in [5.74, 6) is -0.223. The number of thiazole rings is 1. The Kier molecular flexibility index (Phi) is 4.32. The van der Waals surface area contributed by atoms with Crippen molar-refractivity contribution in [2.24, 2.45) is 0 Å². The largest absolute Gasteiger partial charge is 0.375 e. The van der Waals surface area contributed by atoms with Crippen molar-refractivity contribution in [3.63, 3.8) is 0 Å². The van der Waals surface area contributed by atoms with Gasteiger partial charge in [-0.3, -0.25) is 4.79 Å². The average molecular weight is 344 g/mol. The molecule has 1 heterocycles. The van der Waals surface area contributed by atoms with Gasteiger partial charge >= 0.3 is 0 Å². The second kappa shape index (κ2) is 6.40. The fraction of sp³-hybridized carbons (Fsp3) is 0.0588. The van der Waals surface area contributed by atoms with Gasteiger partial charge in [0.25, 0.3) is 5.91 Å². The van der Waals surface area contributed by atoms with E-state index in [2.05, 4.69) is 10.3 Å². The molecule has 0 aliphatic carbocycles. The van der Waals surface area contributed by atoms with Crippen LogP contribution in [0, 0.1) is 6.92 Å². The molecule has 1 amide bonds. The standard InChI is InChI=1S/C17H14ClN3OS/c1-10-2-4-11(5-3-10)14-16(23-17(19)20-14)21-15(22)12-6-8-13(18)9-7-12/h2-9H,1H3,(H2,19,20)(H,21,22). The molecule has 3 N–H and O–H groups in total. The summed E-state index contributed by atoms with van der Waals surface area (Å²) < 4.78 is 0. The molecule has 0 fully saturated rings. The van der Waals surface area contributed by atoms with Gasteiger partial charge in [-0.25, -0.2) is 4.98 Å². The van der Waals surface area contributed by atoms with Crippen molar-refractivity contribution in [3.05, 3.63) is 64.7 Å². The Bertz CT molecular complexity index is 841. The van der Waals surface area contributed by atoms with Gasteiger partial charge in [0.1, 0.15) is 10.7 Å². The number of aromatic nitrogens is 1. The number of aryl methyl sites for hydroxylation is 1. The predicted octanol–water partition coefficient (Wildman–Crippen LogP) is 4.61. The summed E-state index contributed by atoms with van der Waals surface area (Å²) in [6.45, 7) is 2.02. The van der Waals surface area contributed by atoms with Crippen molar-refractivity contribution in [2.45, 2.75) is 6.92 Å². The minimum Gasteiger partial charge on any atom is -0.375 e. The Labute approximate surface area is 142 Å². The SMILES string of the molecule is Cc1ccc(-c2nc(N)sc2NC(=O)c2ccc(Cl)cc2)cc1. The van der Waals surface area contributed by atoms with Crippen LogP contribution in [0.5, 0.6) is 0 Å². The van der Waals surface area contributed by atoms with Crippen LogP contribution in [0.1, 0.15) is 15.9 Å². The molecule has 23 heavy (non-hydrogen) atoms. The van der Waals surface area contributed by atoms with Gasteiger partial charge in [-0.05, 0) is 31.2 Å². The lowest BCUT2D eigenvalue weighted by atomic mass is 10.1. The summed E-state index contributed by atoms with van der Waals surface area (Å²) in [7, 11) is 0. The number of carbonyl (C=O) groups is 1. The lowest BCUT2D eigenvalue weighted by molar-refractivity contribution is 0.102. The molecular formula is C17H14ClN3OS. The number of amides is 1. The molecule has 1 aromatic heterocycles. The second-order valence-electron chi connectivity index (χ2n) is 5.06. The zero-order valence-corrected chi connectivity index (χ0v) is 13.9. The van der Waals surface area contributed by atoms with Crippen molar-refractivity contribution in [2.75, 3.05) is 11.1 Å². The van der Waals surface area contributed by atoms with Crippen LogP contribution in [-0.4, -0.2) is 10.9 Å². The molecule has 0 saturated carbocycles. The zero-order valence-electron chi connectivity index (χ0n) is 12.3. The van der Waals surface area contributed by atoms with Crippen LogP contribution in [0.3, 0.4) is 0 Å². The number of halogens is 1. The molecule has 0 spiro atoms. The molecule has 0 saturated heterocycles. The molecule has 0 atom stereocenters. The first-order valence-corrected chi connectivity index (χ1v) is 8.12. The molecule has 0 radical (unpaired) electrons. The minimum absolute atomic E-state index is 0.223. The fourth-order valence-corrected chi connectivity index (χ4v) is 2.98. The topological polar surface area (TPSA) is 68.0 Å². The Morgan fingerprint density at radius 3 is 2.43 bits per heavy atom. The lowest BCUT2D eigenvalue weighted by Gasteiger charge is -2.06. The first-order valence-electron chi connectivity index (χ1n) is 6.93. The Hall–Kier alpha value is -2.37. The zero-order chi connectivity index (χ0) is 16.4. The van der Waals surface area contributed by atoms with E-state index in [4.69, 9.17) is 17.3 Å². The summed E-state index contributed by atoms with van der Waals surface area (Å²) >= 11 is 7.09. The van der Waals surface area contributed by atoms with Crippen LogP contribution < -0.4 is 11.1 Å². The molecule has 0 aliphatic rings. The fourth-order valence-electron chi connectivity index (χ4n) is 2.11. The molecule has 0 bridgehead atoms. The minimum atomic E-state index is -0.223. The molecule has 0 unspecified atom stereocenters. The van der Waals surface area contributed by atoms with Crippen molar-refractivity contribution < 1.29 is 4.79 Å². The highest BCUT2D eigenvalue weighted by Crippen LogP contribution is 2.34. The normalized spacial score (nSPS) is 10.5. The predicted molar refractivity (Wildman–Crippen MR) is 96.1 cm³/mol. The number of anilines is 2. The average Bonchev–Trinajstić information content (AvgIpc) is 2.89. The first-order chi connectivity index (χ1) is 11.0. The number of carbonyl (C=O) groups excluding carboxylic acids is 1. The van der Waals surface area contributed by atoms with E-state index in [1.165, 1.54) is 11.3 Å². The van der Waals surface area contributed by atoms with Crippen LogP contribution in [-0.2, 0) is 0 Å². The molecule has 116 valence electrons. The van der Waals surface area contributed by atoms with Crippen LogP contribution in [0.2, 0.25) is 5.02 Å². The molecule has 3 rings (SSSR count). The maximum atomic E-state index is 12.4. The highest BCUT2D eigenvalue weighted by molar-refractivity contribution is 7.20. The van der Waals surface area contributed by atoms with Crippen molar-refractivity contribution in [1.29, 1.82) is 0 Å². The molecular weight excluding hydrogens is 330 g/mol. The summed E-state index contributed by atoms with van der Waals surface area (Å²) in [5, 5.41) is 4.50. The van der Waals surface area contributed by atoms with E-state index >= 15 is 0 Å². The van der Waals surface area contributed by atoms with E-state index in [9.17, 15) is 4.79 Å². The van der Waals surface area contributed by atoms with E-state index < -0.39 is 0 Å². The molecule has 2 aromatic carbocycles. The number of rotatable bonds is 3. The summed E-state index contributed by atoms with van der Waals surface area (Å²) in [5.41, 5.74) is 9.09. The van der Waals surface area contributed by atoms with Gasteiger partial charge in [0.15, 0.2) is 5.13 Å². The molecule has 4 nitrogen and oxygen atoms in total. The van der Waals surface area contributed by atoms with Gasteiger partial charge in [-0.2, -0.15) is 0 Å². The third-order valence-corrected chi connectivity index (χ3v) is 4.35. The highest BCUT2D eigenvalue weighted by Gasteiger charge is 2.15. The van der Waals surface area contributed by atoms with Gasteiger partial charge in [0.2, 0.25) is 0 Å². The maximum absolute atomic E-state index is 12.4. The third kappa shape index (κ3) is 3.52. The van der Waals surface area contributed by atoms with Crippen molar-refractivity contribution in [1.82, 2.24) is 4.98 Å². The van der Waals surface area contributed by atoms with Gasteiger partial charge in [-0.1, -0.05) is 52.8 Å². The number of nitrogens with zero attached hydrogens (tertiary/aromatic N) is 1. The van der Waals surface area contributed by atoms with Crippen LogP contribution in [0.4, 0.5) is 10.1 Å². The van der Waals surface area contributed by atoms with Crippen LogP contribution in [0.25, 0.3) is 11.3 Å². The van der Waals surface area contributed by atoms with Gasteiger partial charge in [-0.15, -0.1) is 0 Å². The van der Waals surface area contributed by atoms with E-state index in [0.29, 0.717) is 26.4 Å². The summed E-state index contributed by atoms with van der Waals surface area (Å²) in [4.78, 5) is 16.7. The monoisotopic (exact) mass is 343 g/mol. The van der Waals surface area contributed by atoms with Gasteiger partial charge in [0.05, 0.1) is 0 Å². The number of nitrogens with two attached hydrogens (primary N) is 1. The molecule has 6 heteroatoms. The van der Waals surface area contributed by atoms with Crippen LogP contribution in [0.15, 0.2) is 48.5 Å². The maximum Gasteiger partial charge on any atom is 0.256 e.